The molecule has 1 atom stereocenters. The van der Waals surface area contributed by atoms with Crippen molar-refractivity contribution in [1.29, 1.82) is 0 Å². The third-order valence-electron chi connectivity index (χ3n) is 3.28. The number of benzene rings is 1. The van der Waals surface area contributed by atoms with Gasteiger partial charge in [-0.15, -0.1) is 11.3 Å². The van der Waals surface area contributed by atoms with Crippen LogP contribution in [0.3, 0.4) is 0 Å². The van der Waals surface area contributed by atoms with Crippen LogP contribution in [0, 0.1) is 5.92 Å². The summed E-state index contributed by atoms with van der Waals surface area (Å²) in [5, 5.41) is 3.20. The zero-order chi connectivity index (χ0) is 11.7. The van der Waals surface area contributed by atoms with Gasteiger partial charge in [0.25, 0.3) is 0 Å². The van der Waals surface area contributed by atoms with Crippen LogP contribution in [-0.2, 0) is 4.74 Å². The van der Waals surface area contributed by atoms with Crippen molar-refractivity contribution in [2.24, 2.45) is 5.92 Å². The van der Waals surface area contributed by atoms with E-state index in [1.54, 1.807) is 11.3 Å². The fourth-order valence-electron chi connectivity index (χ4n) is 2.35. The van der Waals surface area contributed by atoms with Gasteiger partial charge in [0, 0.05) is 22.8 Å². The van der Waals surface area contributed by atoms with E-state index in [0.29, 0.717) is 6.61 Å². The lowest BCUT2D eigenvalue weighted by Crippen LogP contribution is -2.25. The molecule has 1 unspecified atom stereocenters. The highest BCUT2D eigenvalue weighted by Crippen LogP contribution is 2.28. The molecule has 2 nitrogen and oxygen atoms in total. The van der Waals surface area contributed by atoms with Crippen molar-refractivity contribution in [1.82, 2.24) is 0 Å². The molecule has 0 spiro atoms. The summed E-state index contributed by atoms with van der Waals surface area (Å²) in [7, 11) is 0. The summed E-state index contributed by atoms with van der Waals surface area (Å²) >= 11 is 1.64. The quantitative estimate of drug-likeness (QED) is 0.758. The maximum absolute atomic E-state index is 12.4. The number of ketones is 1. The second-order valence-electron chi connectivity index (χ2n) is 4.42. The van der Waals surface area contributed by atoms with Crippen LogP contribution >= 0.6 is 11.3 Å². The van der Waals surface area contributed by atoms with Crippen LogP contribution in [0.1, 0.15) is 23.2 Å². The summed E-state index contributed by atoms with van der Waals surface area (Å²) in [6.07, 6.45) is 1.96. The summed E-state index contributed by atoms with van der Waals surface area (Å²) in [5.41, 5.74) is 0.869. The number of carbonyl (C=O) groups is 1. The van der Waals surface area contributed by atoms with Crippen LogP contribution in [-0.4, -0.2) is 19.0 Å². The van der Waals surface area contributed by atoms with Crippen molar-refractivity contribution in [2.75, 3.05) is 13.2 Å². The van der Waals surface area contributed by atoms with Crippen molar-refractivity contribution in [3.05, 3.63) is 35.2 Å². The summed E-state index contributed by atoms with van der Waals surface area (Å²) < 4.78 is 6.51. The predicted octanol–water partition coefficient (Wildman–Crippen LogP) is 3.51. The summed E-state index contributed by atoms with van der Waals surface area (Å²) in [6.45, 7) is 1.38. The van der Waals surface area contributed by atoms with Gasteiger partial charge in [0.1, 0.15) is 0 Å². The Morgan fingerprint density at radius 3 is 3.12 bits per heavy atom. The van der Waals surface area contributed by atoms with Gasteiger partial charge >= 0.3 is 0 Å². The van der Waals surface area contributed by atoms with E-state index >= 15 is 0 Å². The average molecular weight is 246 g/mol. The molecule has 2 heterocycles. The number of rotatable bonds is 2. The minimum Gasteiger partial charge on any atom is -0.381 e. The first-order chi connectivity index (χ1) is 8.36. The maximum atomic E-state index is 12.4. The van der Waals surface area contributed by atoms with E-state index in [1.807, 2.05) is 17.5 Å². The average Bonchev–Trinajstić information content (AvgIpc) is 2.87. The lowest BCUT2D eigenvalue weighted by atomic mass is 9.92. The standard InChI is InChI=1S/C14H14O2S/c15-13(11-4-2-7-16-9-11)12-5-1-3-10-6-8-17-14(10)12/h1,3,5-6,8,11H,2,4,7,9H2. The van der Waals surface area contributed by atoms with Crippen LogP contribution < -0.4 is 0 Å². The van der Waals surface area contributed by atoms with Gasteiger partial charge in [-0.05, 0) is 35.7 Å². The van der Waals surface area contributed by atoms with Crippen LogP contribution in [0.25, 0.3) is 10.1 Å². The number of ether oxygens (including phenoxy) is 1. The van der Waals surface area contributed by atoms with Crippen molar-refractivity contribution in [2.45, 2.75) is 12.8 Å². The fourth-order valence-corrected chi connectivity index (χ4v) is 3.27. The van der Waals surface area contributed by atoms with Crippen molar-refractivity contribution >= 4 is 27.2 Å². The highest BCUT2D eigenvalue weighted by molar-refractivity contribution is 7.17. The molecule has 3 rings (SSSR count). The zero-order valence-electron chi connectivity index (χ0n) is 9.52. The van der Waals surface area contributed by atoms with Gasteiger partial charge in [0.05, 0.1) is 6.61 Å². The molecule has 1 aromatic carbocycles. The van der Waals surface area contributed by atoms with Gasteiger partial charge in [-0.2, -0.15) is 0 Å². The maximum Gasteiger partial charge on any atom is 0.169 e. The van der Waals surface area contributed by atoms with Crippen LogP contribution in [0.15, 0.2) is 29.6 Å². The van der Waals surface area contributed by atoms with E-state index in [4.69, 9.17) is 4.74 Å². The highest BCUT2D eigenvalue weighted by Gasteiger charge is 2.24. The Balaban J connectivity index is 1.97. The molecular formula is C14H14O2S. The molecule has 1 aromatic heterocycles. The first kappa shape index (κ1) is 10.9. The van der Waals surface area contributed by atoms with E-state index in [9.17, 15) is 4.79 Å². The summed E-state index contributed by atoms with van der Waals surface area (Å²) in [4.78, 5) is 12.4. The van der Waals surface area contributed by atoms with Crippen LogP contribution in [0.2, 0.25) is 0 Å². The van der Waals surface area contributed by atoms with Crippen molar-refractivity contribution in [3.63, 3.8) is 0 Å². The lowest BCUT2D eigenvalue weighted by molar-refractivity contribution is 0.0462. The van der Waals surface area contributed by atoms with Crippen LogP contribution in [0.4, 0.5) is 0 Å². The normalized spacial score (nSPS) is 20.6. The third-order valence-corrected chi connectivity index (χ3v) is 4.24. The largest absolute Gasteiger partial charge is 0.381 e. The minimum atomic E-state index is 0.0523. The SMILES string of the molecule is O=C(c1cccc2ccsc12)C1CCCOC1. The van der Waals surface area contributed by atoms with Crippen molar-refractivity contribution < 1.29 is 9.53 Å². The van der Waals surface area contributed by atoms with Gasteiger partial charge in [0.2, 0.25) is 0 Å². The molecule has 2 aromatic rings. The number of carbonyl (C=O) groups excluding carboxylic acids is 1. The van der Waals surface area contributed by atoms with E-state index in [0.717, 1.165) is 35.1 Å². The molecule has 0 saturated carbocycles. The molecule has 0 N–H and O–H groups in total. The molecular weight excluding hydrogens is 232 g/mol. The Morgan fingerprint density at radius 1 is 1.35 bits per heavy atom. The molecule has 0 bridgehead atoms. The fraction of sp³-hybridized carbons (Fsp3) is 0.357. The number of fused-ring (bicyclic) bond motifs is 1. The van der Waals surface area contributed by atoms with Crippen LogP contribution in [0.5, 0.6) is 0 Å². The Kier molecular flexibility index (Phi) is 2.95. The molecule has 1 fully saturated rings. The Morgan fingerprint density at radius 2 is 2.29 bits per heavy atom. The lowest BCUT2D eigenvalue weighted by Gasteiger charge is -2.21. The Bertz CT molecular complexity index is 538. The second kappa shape index (κ2) is 4.59. The molecule has 0 radical (unpaired) electrons. The number of Topliss-reactive ketones (excluding diaryl/α,β-unsaturated/α-hetero) is 1. The van der Waals surface area contributed by atoms with E-state index in [-0.39, 0.29) is 11.7 Å². The first-order valence-electron chi connectivity index (χ1n) is 5.94. The molecule has 3 heteroatoms. The molecule has 1 aliphatic rings. The highest BCUT2D eigenvalue weighted by atomic mass is 32.1. The first-order valence-corrected chi connectivity index (χ1v) is 6.82. The van der Waals surface area contributed by atoms with Gasteiger partial charge in [-0.25, -0.2) is 0 Å². The van der Waals surface area contributed by atoms with Gasteiger partial charge < -0.3 is 4.74 Å². The molecule has 1 aliphatic heterocycles. The number of hydrogen-bond donors (Lipinski definition) is 0. The molecule has 17 heavy (non-hydrogen) atoms. The van der Waals surface area contributed by atoms with E-state index in [2.05, 4.69) is 12.1 Å². The van der Waals surface area contributed by atoms with Gasteiger partial charge in [0.15, 0.2) is 5.78 Å². The summed E-state index contributed by atoms with van der Waals surface area (Å²) in [5.74, 6) is 0.300. The molecule has 1 saturated heterocycles. The van der Waals surface area contributed by atoms with Crippen molar-refractivity contribution in [3.8, 4) is 0 Å². The molecule has 0 aliphatic carbocycles. The Labute approximate surface area is 104 Å². The van der Waals surface area contributed by atoms with Gasteiger partial charge in [-0.3, -0.25) is 4.79 Å². The predicted molar refractivity (Wildman–Crippen MR) is 69.7 cm³/mol. The smallest absolute Gasteiger partial charge is 0.169 e. The topological polar surface area (TPSA) is 26.3 Å². The minimum absolute atomic E-state index is 0.0523. The third kappa shape index (κ3) is 2.01. The van der Waals surface area contributed by atoms with E-state index in [1.165, 1.54) is 0 Å². The number of thiophene rings is 1. The summed E-state index contributed by atoms with van der Waals surface area (Å²) in [6, 6.07) is 8.02. The molecule has 88 valence electrons. The zero-order valence-corrected chi connectivity index (χ0v) is 10.3. The van der Waals surface area contributed by atoms with Gasteiger partial charge in [-0.1, -0.05) is 12.1 Å². The molecule has 0 amide bonds. The van der Waals surface area contributed by atoms with E-state index < -0.39 is 0 Å². The number of hydrogen-bond acceptors (Lipinski definition) is 3. The Hall–Kier alpha value is -1.19. The monoisotopic (exact) mass is 246 g/mol. The second-order valence-corrected chi connectivity index (χ2v) is 5.34.